The number of carbonyl (C=O) groups excluding carboxylic acids is 1. The molecule has 0 saturated carbocycles. The number of likely N-dealkylation sites (N-methyl/N-ethyl adjacent to an activating group) is 1. The van der Waals surface area contributed by atoms with Gasteiger partial charge in [0.15, 0.2) is 0 Å². The number of nitrogens with one attached hydrogen (secondary N) is 1. The van der Waals surface area contributed by atoms with Crippen LogP contribution < -0.4 is 5.32 Å². The Balaban J connectivity index is 2.55. The van der Waals surface area contributed by atoms with Gasteiger partial charge < -0.3 is 5.32 Å². The Morgan fingerprint density at radius 1 is 1.44 bits per heavy atom. The van der Waals surface area contributed by atoms with Crippen LogP contribution in [0.4, 0.5) is 5.69 Å². The minimum atomic E-state index is -0.0517. The zero-order chi connectivity index (χ0) is 13.5. The van der Waals surface area contributed by atoms with Crippen molar-refractivity contribution in [3.8, 4) is 6.07 Å². The van der Waals surface area contributed by atoms with E-state index in [0.29, 0.717) is 19.5 Å². The molecule has 0 aromatic heterocycles. The lowest BCUT2D eigenvalue weighted by molar-refractivity contribution is -0.117. The SMILES string of the molecule is Cc1cccc(NC(=O)CN(C)CCC#N)c1C. The van der Waals surface area contributed by atoms with Gasteiger partial charge in [-0.25, -0.2) is 0 Å². The minimum absolute atomic E-state index is 0.0517. The number of hydrogen-bond acceptors (Lipinski definition) is 3. The Hall–Kier alpha value is -1.86. The third kappa shape index (κ3) is 4.19. The Morgan fingerprint density at radius 2 is 2.17 bits per heavy atom. The number of nitriles is 1. The highest BCUT2D eigenvalue weighted by molar-refractivity contribution is 5.93. The van der Waals surface area contributed by atoms with Crippen molar-refractivity contribution < 1.29 is 4.79 Å². The van der Waals surface area contributed by atoms with E-state index in [0.717, 1.165) is 16.8 Å². The molecule has 1 aromatic rings. The number of hydrogen-bond donors (Lipinski definition) is 1. The van der Waals surface area contributed by atoms with E-state index in [2.05, 4.69) is 11.4 Å². The molecule has 0 aliphatic rings. The van der Waals surface area contributed by atoms with Gasteiger partial charge >= 0.3 is 0 Å². The van der Waals surface area contributed by atoms with Crippen LogP contribution in [0.5, 0.6) is 0 Å². The van der Waals surface area contributed by atoms with E-state index in [1.54, 1.807) is 0 Å². The molecule has 1 rings (SSSR count). The van der Waals surface area contributed by atoms with Gasteiger partial charge in [0.05, 0.1) is 12.6 Å². The smallest absolute Gasteiger partial charge is 0.238 e. The summed E-state index contributed by atoms with van der Waals surface area (Å²) in [5.41, 5.74) is 3.10. The zero-order valence-corrected chi connectivity index (χ0v) is 11.2. The summed E-state index contributed by atoms with van der Waals surface area (Å²) in [5, 5.41) is 11.4. The summed E-state index contributed by atoms with van der Waals surface area (Å²) in [6.45, 7) is 4.92. The fraction of sp³-hybridized carbons (Fsp3) is 0.429. The number of anilines is 1. The van der Waals surface area contributed by atoms with E-state index in [1.165, 1.54) is 0 Å². The van der Waals surface area contributed by atoms with Crippen LogP contribution in [0.15, 0.2) is 18.2 Å². The second kappa shape index (κ2) is 6.77. The van der Waals surface area contributed by atoms with Crippen LogP contribution in [-0.2, 0) is 4.79 Å². The Bertz CT molecular complexity index is 463. The number of carbonyl (C=O) groups is 1. The summed E-state index contributed by atoms with van der Waals surface area (Å²) < 4.78 is 0. The summed E-state index contributed by atoms with van der Waals surface area (Å²) in [4.78, 5) is 13.7. The van der Waals surface area contributed by atoms with Crippen molar-refractivity contribution in [1.82, 2.24) is 4.90 Å². The molecule has 0 bridgehead atoms. The summed E-state index contributed by atoms with van der Waals surface area (Å²) in [6.07, 6.45) is 0.438. The summed E-state index contributed by atoms with van der Waals surface area (Å²) in [7, 11) is 1.83. The molecule has 0 aliphatic carbocycles. The molecule has 0 radical (unpaired) electrons. The van der Waals surface area contributed by atoms with Gasteiger partial charge in [0, 0.05) is 18.7 Å². The summed E-state index contributed by atoms with van der Waals surface area (Å²) >= 11 is 0. The Labute approximate surface area is 108 Å². The first kappa shape index (κ1) is 14.2. The van der Waals surface area contributed by atoms with Crippen molar-refractivity contribution in [3.63, 3.8) is 0 Å². The van der Waals surface area contributed by atoms with Crippen molar-refractivity contribution >= 4 is 11.6 Å². The number of benzene rings is 1. The number of amides is 1. The van der Waals surface area contributed by atoms with Gasteiger partial charge in [-0.2, -0.15) is 5.26 Å². The average molecular weight is 245 g/mol. The van der Waals surface area contributed by atoms with Crippen molar-refractivity contribution in [2.45, 2.75) is 20.3 Å². The van der Waals surface area contributed by atoms with E-state index in [-0.39, 0.29) is 5.91 Å². The van der Waals surface area contributed by atoms with Crippen molar-refractivity contribution in [1.29, 1.82) is 5.26 Å². The highest BCUT2D eigenvalue weighted by Crippen LogP contribution is 2.17. The second-order valence-corrected chi connectivity index (χ2v) is 4.44. The lowest BCUT2D eigenvalue weighted by Gasteiger charge is -2.15. The molecular weight excluding hydrogens is 226 g/mol. The van der Waals surface area contributed by atoms with Gasteiger partial charge in [-0.3, -0.25) is 9.69 Å². The molecule has 0 fully saturated rings. The van der Waals surface area contributed by atoms with Crippen LogP contribution in [0.3, 0.4) is 0 Å². The average Bonchev–Trinajstić information content (AvgIpc) is 2.32. The maximum atomic E-state index is 11.8. The zero-order valence-electron chi connectivity index (χ0n) is 11.2. The third-order valence-electron chi connectivity index (χ3n) is 2.90. The molecular formula is C14H19N3O. The fourth-order valence-corrected chi connectivity index (χ4v) is 1.64. The molecule has 1 amide bonds. The molecule has 0 spiro atoms. The molecule has 18 heavy (non-hydrogen) atoms. The molecule has 4 nitrogen and oxygen atoms in total. The van der Waals surface area contributed by atoms with Gasteiger partial charge in [0.25, 0.3) is 0 Å². The van der Waals surface area contributed by atoms with Crippen LogP contribution >= 0.6 is 0 Å². The lowest BCUT2D eigenvalue weighted by atomic mass is 10.1. The van der Waals surface area contributed by atoms with E-state index in [1.807, 2.05) is 44.0 Å². The predicted octanol–water partition coefficient (Wildman–Crippen LogP) is 2.09. The van der Waals surface area contributed by atoms with E-state index < -0.39 is 0 Å². The molecule has 1 N–H and O–H groups in total. The molecule has 0 atom stereocenters. The quantitative estimate of drug-likeness (QED) is 0.864. The molecule has 96 valence electrons. The molecule has 4 heteroatoms. The summed E-state index contributed by atoms with van der Waals surface area (Å²) in [5.74, 6) is -0.0517. The van der Waals surface area contributed by atoms with E-state index in [9.17, 15) is 4.79 Å². The largest absolute Gasteiger partial charge is 0.325 e. The molecule has 1 aromatic carbocycles. The number of nitrogens with zero attached hydrogens (tertiary/aromatic N) is 2. The first-order chi connectivity index (χ1) is 8.54. The topological polar surface area (TPSA) is 56.1 Å². The van der Waals surface area contributed by atoms with Crippen molar-refractivity contribution in [2.75, 3.05) is 25.5 Å². The molecule has 0 unspecified atom stereocenters. The minimum Gasteiger partial charge on any atom is -0.325 e. The fourth-order valence-electron chi connectivity index (χ4n) is 1.64. The number of rotatable bonds is 5. The van der Waals surface area contributed by atoms with Crippen LogP contribution in [0.1, 0.15) is 17.5 Å². The molecule has 0 aliphatic heterocycles. The van der Waals surface area contributed by atoms with Crippen LogP contribution in [-0.4, -0.2) is 30.9 Å². The third-order valence-corrected chi connectivity index (χ3v) is 2.90. The highest BCUT2D eigenvalue weighted by atomic mass is 16.2. The van der Waals surface area contributed by atoms with Crippen LogP contribution in [0.25, 0.3) is 0 Å². The van der Waals surface area contributed by atoms with Gasteiger partial charge in [0.1, 0.15) is 0 Å². The normalized spacial score (nSPS) is 10.2. The van der Waals surface area contributed by atoms with Gasteiger partial charge in [-0.05, 0) is 38.1 Å². The highest BCUT2D eigenvalue weighted by Gasteiger charge is 2.08. The Morgan fingerprint density at radius 3 is 2.83 bits per heavy atom. The van der Waals surface area contributed by atoms with Crippen LogP contribution in [0.2, 0.25) is 0 Å². The first-order valence-corrected chi connectivity index (χ1v) is 5.96. The molecule has 0 heterocycles. The summed E-state index contributed by atoms with van der Waals surface area (Å²) in [6, 6.07) is 7.91. The van der Waals surface area contributed by atoms with E-state index >= 15 is 0 Å². The molecule has 0 saturated heterocycles. The lowest BCUT2D eigenvalue weighted by Crippen LogP contribution is -2.31. The van der Waals surface area contributed by atoms with Gasteiger partial charge in [0.2, 0.25) is 5.91 Å². The maximum Gasteiger partial charge on any atom is 0.238 e. The predicted molar refractivity (Wildman–Crippen MR) is 72.3 cm³/mol. The maximum absolute atomic E-state index is 11.8. The first-order valence-electron chi connectivity index (χ1n) is 5.96. The monoisotopic (exact) mass is 245 g/mol. The standard InChI is InChI=1S/C14H19N3O/c1-11-6-4-7-13(12(11)2)16-14(18)10-17(3)9-5-8-15/h4,6-7H,5,9-10H2,1-3H3,(H,16,18). The van der Waals surface area contributed by atoms with Crippen molar-refractivity contribution in [3.05, 3.63) is 29.3 Å². The van der Waals surface area contributed by atoms with Gasteiger partial charge in [-0.1, -0.05) is 12.1 Å². The Kier molecular flexibility index (Phi) is 5.34. The van der Waals surface area contributed by atoms with Gasteiger partial charge in [-0.15, -0.1) is 0 Å². The van der Waals surface area contributed by atoms with Crippen molar-refractivity contribution in [2.24, 2.45) is 0 Å². The number of aryl methyl sites for hydroxylation is 1. The van der Waals surface area contributed by atoms with E-state index in [4.69, 9.17) is 5.26 Å². The second-order valence-electron chi connectivity index (χ2n) is 4.44. The van der Waals surface area contributed by atoms with Crippen LogP contribution in [0, 0.1) is 25.2 Å².